The molecule has 0 saturated carbocycles. The molecule has 1 aliphatic rings. The average molecular weight is 275 g/mol. The third-order valence-corrected chi connectivity index (χ3v) is 5.53. The molecule has 18 heavy (non-hydrogen) atoms. The molecular weight excluding hydrogens is 258 g/mol. The van der Waals surface area contributed by atoms with E-state index in [0.29, 0.717) is 6.04 Å². The maximum absolute atomic E-state index is 3.71. The Labute approximate surface area is 117 Å². The van der Waals surface area contributed by atoms with Crippen LogP contribution in [0.3, 0.4) is 0 Å². The van der Waals surface area contributed by atoms with Crippen LogP contribution in [0.1, 0.15) is 13.3 Å². The minimum atomic E-state index is 0.617. The van der Waals surface area contributed by atoms with E-state index in [1.54, 1.807) is 11.3 Å². The molecule has 1 saturated heterocycles. The van der Waals surface area contributed by atoms with E-state index in [-0.39, 0.29) is 0 Å². The summed E-state index contributed by atoms with van der Waals surface area (Å²) in [6.45, 7) is 2.32. The topological polar surface area (TPSA) is 12.0 Å². The van der Waals surface area contributed by atoms with E-state index < -0.39 is 0 Å². The lowest BCUT2D eigenvalue weighted by atomic mass is 10.1. The Morgan fingerprint density at radius 1 is 1.17 bits per heavy atom. The summed E-state index contributed by atoms with van der Waals surface area (Å²) in [5.41, 5.74) is 2.61. The van der Waals surface area contributed by atoms with Gasteiger partial charge in [-0.05, 0) is 23.9 Å². The summed E-state index contributed by atoms with van der Waals surface area (Å²) < 4.78 is 0. The summed E-state index contributed by atoms with van der Waals surface area (Å²) in [7, 11) is 0. The van der Waals surface area contributed by atoms with Gasteiger partial charge in [-0.1, -0.05) is 31.2 Å². The van der Waals surface area contributed by atoms with Gasteiger partial charge in [-0.2, -0.15) is 11.8 Å². The molecule has 2 heterocycles. The molecule has 2 unspecified atom stereocenters. The van der Waals surface area contributed by atoms with Gasteiger partial charge in [0.05, 0.1) is 0 Å². The van der Waals surface area contributed by atoms with Gasteiger partial charge in [0.2, 0.25) is 0 Å². The zero-order valence-electron chi connectivity index (χ0n) is 10.4. The number of benzene rings is 1. The van der Waals surface area contributed by atoms with E-state index in [4.69, 9.17) is 0 Å². The Balaban J connectivity index is 1.84. The fraction of sp³-hybridized carbons (Fsp3) is 0.333. The Morgan fingerprint density at radius 2 is 2.06 bits per heavy atom. The lowest BCUT2D eigenvalue weighted by molar-refractivity contribution is 0.747. The number of thioether (sulfide) groups is 1. The zero-order valence-corrected chi connectivity index (χ0v) is 12.1. The summed E-state index contributed by atoms with van der Waals surface area (Å²) in [5.74, 6) is 1.22. The molecule has 1 aromatic carbocycles. The number of thiophene rings is 1. The molecule has 3 rings (SSSR count). The van der Waals surface area contributed by atoms with Crippen LogP contribution in [0.25, 0.3) is 10.4 Å². The molecule has 1 aromatic heterocycles. The van der Waals surface area contributed by atoms with E-state index in [0.717, 1.165) is 5.25 Å². The minimum absolute atomic E-state index is 0.617. The SMILES string of the molecule is CC1CC(Nc2ccccc2-c2cccs2)CS1. The van der Waals surface area contributed by atoms with Crippen molar-refractivity contribution in [2.75, 3.05) is 11.1 Å². The second-order valence-electron chi connectivity index (χ2n) is 4.74. The highest BCUT2D eigenvalue weighted by Crippen LogP contribution is 2.34. The fourth-order valence-corrected chi connectivity index (χ4v) is 4.31. The van der Waals surface area contributed by atoms with Crippen LogP contribution in [-0.4, -0.2) is 17.0 Å². The third-order valence-electron chi connectivity index (χ3n) is 3.27. The van der Waals surface area contributed by atoms with E-state index in [9.17, 15) is 0 Å². The Kier molecular flexibility index (Phi) is 3.62. The normalized spacial score (nSPS) is 23.2. The summed E-state index contributed by atoms with van der Waals surface area (Å²) in [4.78, 5) is 1.34. The monoisotopic (exact) mass is 275 g/mol. The predicted molar refractivity (Wildman–Crippen MR) is 83.7 cm³/mol. The molecule has 0 aliphatic carbocycles. The predicted octanol–water partition coefficient (Wildman–Crippen LogP) is 4.72. The number of hydrogen-bond donors (Lipinski definition) is 1. The highest BCUT2D eigenvalue weighted by molar-refractivity contribution is 8.00. The first-order valence-electron chi connectivity index (χ1n) is 6.34. The average Bonchev–Trinajstić information content (AvgIpc) is 3.02. The van der Waals surface area contributed by atoms with Crippen LogP contribution in [0, 0.1) is 0 Å². The smallest absolute Gasteiger partial charge is 0.0430 e. The molecule has 1 aliphatic heterocycles. The van der Waals surface area contributed by atoms with Crippen molar-refractivity contribution in [1.29, 1.82) is 0 Å². The maximum Gasteiger partial charge on any atom is 0.0430 e. The summed E-state index contributed by atoms with van der Waals surface area (Å²) in [6.07, 6.45) is 1.27. The highest BCUT2D eigenvalue weighted by atomic mass is 32.2. The van der Waals surface area contributed by atoms with Crippen LogP contribution >= 0.6 is 23.1 Å². The van der Waals surface area contributed by atoms with Crippen molar-refractivity contribution in [2.24, 2.45) is 0 Å². The van der Waals surface area contributed by atoms with Gasteiger partial charge in [-0.15, -0.1) is 11.3 Å². The van der Waals surface area contributed by atoms with Crippen molar-refractivity contribution < 1.29 is 0 Å². The summed E-state index contributed by atoms with van der Waals surface area (Å²) in [5, 5.41) is 6.64. The van der Waals surface area contributed by atoms with E-state index in [1.807, 2.05) is 0 Å². The van der Waals surface area contributed by atoms with Crippen LogP contribution in [0.5, 0.6) is 0 Å². The zero-order chi connectivity index (χ0) is 12.4. The van der Waals surface area contributed by atoms with Gasteiger partial charge in [0, 0.05) is 33.2 Å². The number of nitrogens with one attached hydrogen (secondary N) is 1. The van der Waals surface area contributed by atoms with Gasteiger partial charge < -0.3 is 5.32 Å². The molecule has 2 aromatic rings. The van der Waals surface area contributed by atoms with Crippen LogP contribution < -0.4 is 5.32 Å². The van der Waals surface area contributed by atoms with Crippen LogP contribution in [0.2, 0.25) is 0 Å². The van der Waals surface area contributed by atoms with Gasteiger partial charge in [0.1, 0.15) is 0 Å². The molecule has 0 amide bonds. The quantitative estimate of drug-likeness (QED) is 0.869. The molecule has 1 fully saturated rings. The molecule has 1 nitrogen and oxygen atoms in total. The largest absolute Gasteiger partial charge is 0.381 e. The van der Waals surface area contributed by atoms with Crippen LogP contribution in [0.15, 0.2) is 41.8 Å². The van der Waals surface area contributed by atoms with Crippen molar-refractivity contribution in [3.05, 3.63) is 41.8 Å². The first-order valence-corrected chi connectivity index (χ1v) is 8.27. The second kappa shape index (κ2) is 5.37. The van der Waals surface area contributed by atoms with E-state index in [2.05, 4.69) is 65.8 Å². The van der Waals surface area contributed by atoms with Gasteiger partial charge in [0.15, 0.2) is 0 Å². The van der Waals surface area contributed by atoms with Crippen LogP contribution in [0.4, 0.5) is 5.69 Å². The van der Waals surface area contributed by atoms with Crippen molar-refractivity contribution in [3.8, 4) is 10.4 Å². The Morgan fingerprint density at radius 3 is 2.78 bits per heavy atom. The Bertz CT molecular complexity index is 507. The fourth-order valence-electron chi connectivity index (χ4n) is 2.39. The van der Waals surface area contributed by atoms with E-state index in [1.165, 1.54) is 28.3 Å². The molecule has 94 valence electrons. The first kappa shape index (κ1) is 12.1. The highest BCUT2D eigenvalue weighted by Gasteiger charge is 2.22. The number of para-hydroxylation sites is 1. The Hall–Kier alpha value is -0.930. The molecule has 0 spiro atoms. The van der Waals surface area contributed by atoms with Gasteiger partial charge >= 0.3 is 0 Å². The van der Waals surface area contributed by atoms with Crippen molar-refractivity contribution in [3.63, 3.8) is 0 Å². The minimum Gasteiger partial charge on any atom is -0.381 e. The van der Waals surface area contributed by atoms with Crippen molar-refractivity contribution >= 4 is 28.8 Å². The van der Waals surface area contributed by atoms with Gasteiger partial charge in [-0.3, -0.25) is 0 Å². The van der Waals surface area contributed by atoms with Crippen LogP contribution in [-0.2, 0) is 0 Å². The molecule has 0 radical (unpaired) electrons. The molecule has 3 heteroatoms. The summed E-state index contributed by atoms with van der Waals surface area (Å²) >= 11 is 3.87. The lowest BCUT2D eigenvalue weighted by Gasteiger charge is -2.16. The number of anilines is 1. The van der Waals surface area contributed by atoms with E-state index >= 15 is 0 Å². The first-order chi connectivity index (χ1) is 8.83. The molecular formula is C15H17NS2. The van der Waals surface area contributed by atoms with Gasteiger partial charge in [-0.25, -0.2) is 0 Å². The van der Waals surface area contributed by atoms with Crippen molar-refractivity contribution in [2.45, 2.75) is 24.6 Å². The van der Waals surface area contributed by atoms with Gasteiger partial charge in [0.25, 0.3) is 0 Å². The molecule has 1 N–H and O–H groups in total. The van der Waals surface area contributed by atoms with Crippen molar-refractivity contribution in [1.82, 2.24) is 0 Å². The molecule has 0 bridgehead atoms. The number of hydrogen-bond acceptors (Lipinski definition) is 3. The summed E-state index contributed by atoms with van der Waals surface area (Å²) in [6, 6.07) is 13.6. The lowest BCUT2D eigenvalue weighted by Crippen LogP contribution is -2.19. The second-order valence-corrected chi connectivity index (χ2v) is 7.16. The maximum atomic E-state index is 3.71. The number of rotatable bonds is 3. The third kappa shape index (κ3) is 2.57. The molecule has 2 atom stereocenters. The standard InChI is InChI=1S/C15H17NS2/c1-11-9-12(10-18-11)16-14-6-3-2-5-13(14)15-7-4-8-17-15/h2-8,11-12,16H,9-10H2,1H3.